The van der Waals surface area contributed by atoms with Crippen molar-refractivity contribution in [3.8, 4) is 17.2 Å². The molecular weight excluding hydrogens is 394 g/mol. The van der Waals surface area contributed by atoms with Gasteiger partial charge < -0.3 is 19.5 Å². The normalized spacial score (nSPS) is 14.8. The predicted octanol–water partition coefficient (Wildman–Crippen LogP) is 2.19. The van der Waals surface area contributed by atoms with Crippen molar-refractivity contribution in [2.45, 2.75) is 13.0 Å². The lowest BCUT2D eigenvalue weighted by molar-refractivity contribution is -0.120. The van der Waals surface area contributed by atoms with E-state index in [1.54, 1.807) is 21.3 Å². The lowest BCUT2D eigenvalue weighted by atomic mass is 10.1. The first-order chi connectivity index (χ1) is 15.1. The fourth-order valence-electron chi connectivity index (χ4n) is 3.85. The molecule has 1 aliphatic heterocycles. The molecule has 2 aromatic carbocycles. The number of amides is 1. The highest BCUT2D eigenvalue weighted by Crippen LogP contribution is 2.38. The third-order valence-corrected chi connectivity index (χ3v) is 5.55. The van der Waals surface area contributed by atoms with E-state index in [2.05, 4.69) is 45.4 Å². The summed E-state index contributed by atoms with van der Waals surface area (Å²) in [5.74, 6) is 1.62. The second-order valence-corrected chi connectivity index (χ2v) is 7.66. The largest absolute Gasteiger partial charge is 0.493 e. The van der Waals surface area contributed by atoms with Gasteiger partial charge in [0, 0.05) is 45.8 Å². The molecule has 0 radical (unpaired) electrons. The van der Waals surface area contributed by atoms with Gasteiger partial charge >= 0.3 is 0 Å². The minimum atomic E-state index is -0.0167. The van der Waals surface area contributed by atoms with Gasteiger partial charge in [0.1, 0.15) is 0 Å². The number of rotatable bonds is 10. The van der Waals surface area contributed by atoms with Gasteiger partial charge in [0.25, 0.3) is 0 Å². The van der Waals surface area contributed by atoms with Crippen LogP contribution in [0.2, 0.25) is 0 Å². The highest BCUT2D eigenvalue weighted by molar-refractivity contribution is 5.79. The molecule has 3 rings (SSSR count). The number of carbonyl (C=O) groups excluding carboxylic acids is 1. The maximum atomic E-state index is 12.4. The van der Waals surface area contributed by atoms with Crippen LogP contribution in [0.25, 0.3) is 0 Å². The molecule has 0 bridgehead atoms. The smallest absolute Gasteiger partial charge is 0.224 e. The van der Waals surface area contributed by atoms with Gasteiger partial charge in [-0.15, -0.1) is 0 Å². The number of carbonyl (C=O) groups is 1. The van der Waals surface area contributed by atoms with E-state index in [1.165, 1.54) is 5.56 Å². The van der Waals surface area contributed by atoms with Crippen LogP contribution in [0, 0.1) is 0 Å². The highest BCUT2D eigenvalue weighted by atomic mass is 16.5. The molecule has 0 saturated carbocycles. The van der Waals surface area contributed by atoms with Crippen LogP contribution in [0.5, 0.6) is 17.2 Å². The second kappa shape index (κ2) is 11.6. The summed E-state index contributed by atoms with van der Waals surface area (Å²) >= 11 is 0. The summed E-state index contributed by atoms with van der Waals surface area (Å²) in [4.78, 5) is 17.3. The summed E-state index contributed by atoms with van der Waals surface area (Å²) in [5, 5.41) is 3.03. The van der Waals surface area contributed by atoms with Crippen molar-refractivity contribution in [2.24, 2.45) is 0 Å². The zero-order chi connectivity index (χ0) is 22.1. The van der Waals surface area contributed by atoms with Crippen LogP contribution in [0.1, 0.15) is 11.1 Å². The average molecular weight is 428 g/mol. The Balaban J connectivity index is 1.40. The van der Waals surface area contributed by atoms with E-state index in [0.717, 1.165) is 44.8 Å². The first kappa shape index (κ1) is 22.9. The van der Waals surface area contributed by atoms with Crippen LogP contribution in [-0.4, -0.2) is 76.3 Å². The molecule has 31 heavy (non-hydrogen) atoms. The van der Waals surface area contributed by atoms with Crippen molar-refractivity contribution in [1.29, 1.82) is 0 Å². The van der Waals surface area contributed by atoms with Gasteiger partial charge in [-0.25, -0.2) is 0 Å². The molecule has 1 aliphatic rings. The molecule has 1 N–H and O–H groups in total. The molecule has 7 heteroatoms. The van der Waals surface area contributed by atoms with Crippen molar-refractivity contribution in [3.05, 3.63) is 53.6 Å². The summed E-state index contributed by atoms with van der Waals surface area (Å²) < 4.78 is 16.1. The first-order valence-electron chi connectivity index (χ1n) is 10.7. The number of nitrogens with zero attached hydrogens (tertiary/aromatic N) is 2. The Labute approximate surface area is 184 Å². The first-order valence-corrected chi connectivity index (χ1v) is 10.7. The Morgan fingerprint density at radius 1 is 0.871 bits per heavy atom. The van der Waals surface area contributed by atoms with Crippen LogP contribution < -0.4 is 19.5 Å². The third-order valence-electron chi connectivity index (χ3n) is 5.55. The third kappa shape index (κ3) is 6.60. The fraction of sp³-hybridized carbons (Fsp3) is 0.458. The van der Waals surface area contributed by atoms with Crippen LogP contribution in [0.15, 0.2) is 42.5 Å². The Bertz CT molecular complexity index is 811. The minimum absolute atomic E-state index is 0.0167. The maximum absolute atomic E-state index is 12.4. The number of nitrogens with one attached hydrogen (secondary N) is 1. The number of hydrogen-bond acceptors (Lipinski definition) is 6. The van der Waals surface area contributed by atoms with Crippen molar-refractivity contribution in [2.75, 3.05) is 60.6 Å². The summed E-state index contributed by atoms with van der Waals surface area (Å²) in [7, 11) is 4.70. The molecule has 7 nitrogen and oxygen atoms in total. The number of hydrogen-bond donors (Lipinski definition) is 1. The zero-order valence-corrected chi connectivity index (χ0v) is 18.7. The molecule has 0 atom stereocenters. The van der Waals surface area contributed by atoms with Gasteiger partial charge in [-0.05, 0) is 23.3 Å². The highest BCUT2D eigenvalue weighted by Gasteiger charge is 2.18. The number of piperazine rings is 1. The van der Waals surface area contributed by atoms with Crippen LogP contribution in [0.3, 0.4) is 0 Å². The summed E-state index contributed by atoms with van der Waals surface area (Å²) in [5.41, 5.74) is 2.18. The second-order valence-electron chi connectivity index (χ2n) is 7.66. The average Bonchev–Trinajstić information content (AvgIpc) is 2.80. The Kier molecular flexibility index (Phi) is 8.55. The van der Waals surface area contributed by atoms with Crippen LogP contribution in [-0.2, 0) is 17.8 Å². The molecule has 0 aliphatic carbocycles. The van der Waals surface area contributed by atoms with Crippen LogP contribution in [0.4, 0.5) is 0 Å². The van der Waals surface area contributed by atoms with Crippen molar-refractivity contribution in [1.82, 2.24) is 15.1 Å². The molecule has 0 aromatic heterocycles. The lowest BCUT2D eigenvalue weighted by Crippen LogP contribution is -2.48. The molecule has 0 unspecified atom stereocenters. The number of benzene rings is 2. The van der Waals surface area contributed by atoms with Gasteiger partial charge in [0.2, 0.25) is 11.7 Å². The van der Waals surface area contributed by atoms with Gasteiger partial charge in [-0.3, -0.25) is 14.6 Å². The Morgan fingerprint density at radius 2 is 1.48 bits per heavy atom. The standard InChI is InChI=1S/C24H33N3O4/c1-29-21-15-20(16-22(30-2)24(21)31-3)17-23(28)25-9-10-26-11-13-27(14-12-26)18-19-7-5-4-6-8-19/h4-8,15-16H,9-14,17-18H2,1-3H3,(H,25,28). The molecule has 1 saturated heterocycles. The molecule has 1 heterocycles. The van der Waals surface area contributed by atoms with E-state index in [0.29, 0.717) is 23.8 Å². The van der Waals surface area contributed by atoms with Gasteiger partial charge in [0.15, 0.2) is 11.5 Å². The topological polar surface area (TPSA) is 63.3 Å². The number of methoxy groups -OCH3 is 3. The molecule has 0 spiro atoms. The summed E-state index contributed by atoms with van der Waals surface area (Å²) in [6.07, 6.45) is 0.265. The minimum Gasteiger partial charge on any atom is -0.493 e. The Hall–Kier alpha value is -2.77. The predicted molar refractivity (Wildman–Crippen MR) is 121 cm³/mol. The van der Waals surface area contributed by atoms with Gasteiger partial charge in [0.05, 0.1) is 27.8 Å². The number of ether oxygens (including phenoxy) is 3. The molecule has 168 valence electrons. The lowest BCUT2D eigenvalue weighted by Gasteiger charge is -2.34. The van der Waals surface area contributed by atoms with E-state index in [4.69, 9.17) is 14.2 Å². The quantitative estimate of drug-likeness (QED) is 0.627. The van der Waals surface area contributed by atoms with Crippen molar-refractivity contribution >= 4 is 5.91 Å². The van der Waals surface area contributed by atoms with Crippen molar-refractivity contribution < 1.29 is 19.0 Å². The maximum Gasteiger partial charge on any atom is 0.224 e. The molecule has 2 aromatic rings. The van der Waals surface area contributed by atoms with Crippen LogP contribution >= 0.6 is 0 Å². The summed E-state index contributed by atoms with van der Waals surface area (Å²) in [6, 6.07) is 14.2. The molecule has 1 fully saturated rings. The summed E-state index contributed by atoms with van der Waals surface area (Å²) in [6.45, 7) is 6.65. The van der Waals surface area contributed by atoms with E-state index in [-0.39, 0.29) is 12.3 Å². The monoisotopic (exact) mass is 427 g/mol. The Morgan fingerprint density at radius 3 is 2.06 bits per heavy atom. The van der Waals surface area contributed by atoms with E-state index < -0.39 is 0 Å². The SMILES string of the molecule is COc1cc(CC(=O)NCCN2CCN(Cc3ccccc3)CC2)cc(OC)c1OC. The fourth-order valence-corrected chi connectivity index (χ4v) is 3.85. The van der Waals surface area contributed by atoms with E-state index in [9.17, 15) is 4.79 Å². The van der Waals surface area contributed by atoms with Gasteiger partial charge in [-0.1, -0.05) is 30.3 Å². The zero-order valence-electron chi connectivity index (χ0n) is 18.7. The van der Waals surface area contributed by atoms with E-state index >= 15 is 0 Å². The molecule has 1 amide bonds. The van der Waals surface area contributed by atoms with E-state index in [1.807, 2.05) is 12.1 Å². The van der Waals surface area contributed by atoms with Gasteiger partial charge in [-0.2, -0.15) is 0 Å². The molecular formula is C24H33N3O4. The van der Waals surface area contributed by atoms with Crippen molar-refractivity contribution in [3.63, 3.8) is 0 Å².